The van der Waals surface area contributed by atoms with Crippen molar-refractivity contribution in [3.63, 3.8) is 0 Å². The molecule has 0 bridgehead atoms. The first kappa shape index (κ1) is 11.2. The molecule has 0 unspecified atom stereocenters. The van der Waals surface area contributed by atoms with Gasteiger partial charge in [-0.1, -0.05) is 0 Å². The molecule has 14 heavy (non-hydrogen) atoms. The molecule has 0 aromatic carbocycles. The van der Waals surface area contributed by atoms with Crippen molar-refractivity contribution in [3.05, 3.63) is 20.7 Å². The summed E-state index contributed by atoms with van der Waals surface area (Å²) < 4.78 is 4.92. The van der Waals surface area contributed by atoms with Crippen LogP contribution in [0.4, 0.5) is 0 Å². The summed E-state index contributed by atoms with van der Waals surface area (Å²) in [5, 5.41) is 9.23. The molecule has 0 aliphatic heterocycles. The molecular formula is C8H11BrN2O3. The Morgan fingerprint density at radius 2 is 2.36 bits per heavy atom. The maximum Gasteiger partial charge on any atom is 0.269 e. The zero-order valence-corrected chi connectivity index (χ0v) is 9.30. The quantitative estimate of drug-likeness (QED) is 0.788. The summed E-state index contributed by atoms with van der Waals surface area (Å²) in [6.45, 7) is 0.598. The number of hydrogen-bond acceptors (Lipinski definition) is 4. The molecule has 78 valence electrons. The smallest absolute Gasteiger partial charge is 0.269 e. The Kier molecular flexibility index (Phi) is 4.09. The van der Waals surface area contributed by atoms with Crippen LogP contribution >= 0.6 is 15.9 Å². The van der Waals surface area contributed by atoms with Crippen LogP contribution in [0.2, 0.25) is 0 Å². The Balaban J connectivity index is 2.75. The highest BCUT2D eigenvalue weighted by atomic mass is 79.9. The summed E-state index contributed by atoms with van der Waals surface area (Å²) in [6, 6.07) is 0. The number of methoxy groups -OCH3 is 1. The minimum Gasteiger partial charge on any atom is -0.492 e. The minimum atomic E-state index is -0.370. The normalized spacial score (nSPS) is 10.4. The Morgan fingerprint density at radius 3 is 2.93 bits per heavy atom. The molecule has 0 amide bonds. The van der Waals surface area contributed by atoms with E-state index in [-0.39, 0.29) is 15.9 Å². The number of rotatable bonds is 4. The third kappa shape index (κ3) is 2.81. The molecule has 0 fully saturated rings. The Labute approximate surface area is 89.3 Å². The number of nitrogens with zero attached hydrogens (tertiary/aromatic N) is 1. The third-order valence-electron chi connectivity index (χ3n) is 1.66. The van der Waals surface area contributed by atoms with Gasteiger partial charge < -0.3 is 14.8 Å². The van der Waals surface area contributed by atoms with Crippen LogP contribution in [0.1, 0.15) is 12.2 Å². The van der Waals surface area contributed by atoms with Crippen molar-refractivity contribution in [1.82, 2.24) is 9.97 Å². The van der Waals surface area contributed by atoms with E-state index < -0.39 is 0 Å². The lowest BCUT2D eigenvalue weighted by atomic mass is 10.3. The summed E-state index contributed by atoms with van der Waals surface area (Å²) in [5.74, 6) is 0.189. The molecule has 0 aliphatic rings. The van der Waals surface area contributed by atoms with Crippen LogP contribution in [0, 0.1) is 0 Å². The summed E-state index contributed by atoms with van der Waals surface area (Å²) in [6.07, 6.45) is 1.32. The van der Waals surface area contributed by atoms with Crippen molar-refractivity contribution < 1.29 is 9.84 Å². The largest absolute Gasteiger partial charge is 0.492 e. The monoisotopic (exact) mass is 262 g/mol. The predicted octanol–water partition coefficient (Wildman–Crippen LogP) is 0.817. The van der Waals surface area contributed by atoms with Crippen molar-refractivity contribution in [2.24, 2.45) is 0 Å². The van der Waals surface area contributed by atoms with Crippen molar-refractivity contribution in [2.75, 3.05) is 13.7 Å². The fraction of sp³-hybridized carbons (Fsp3) is 0.500. The molecule has 0 spiro atoms. The first-order chi connectivity index (χ1) is 6.65. The molecule has 1 heterocycles. The summed E-state index contributed by atoms with van der Waals surface area (Å²) in [5.41, 5.74) is -0.370. The van der Waals surface area contributed by atoms with Crippen molar-refractivity contribution in [3.8, 4) is 5.88 Å². The van der Waals surface area contributed by atoms with Gasteiger partial charge in [0.2, 0.25) is 5.88 Å². The number of ether oxygens (including phenoxy) is 1. The fourth-order valence-electron chi connectivity index (χ4n) is 0.995. The van der Waals surface area contributed by atoms with Gasteiger partial charge in [0, 0.05) is 20.1 Å². The lowest BCUT2D eigenvalue weighted by Crippen LogP contribution is -2.12. The van der Waals surface area contributed by atoms with Gasteiger partial charge in [0.25, 0.3) is 5.56 Å². The first-order valence-electron chi connectivity index (χ1n) is 4.11. The summed E-state index contributed by atoms with van der Waals surface area (Å²) >= 11 is 2.91. The first-order valence-corrected chi connectivity index (χ1v) is 4.91. The van der Waals surface area contributed by atoms with E-state index in [1.807, 2.05) is 0 Å². The van der Waals surface area contributed by atoms with Crippen molar-refractivity contribution in [2.45, 2.75) is 12.8 Å². The van der Waals surface area contributed by atoms with Crippen molar-refractivity contribution in [1.29, 1.82) is 0 Å². The van der Waals surface area contributed by atoms with Crippen LogP contribution < -0.4 is 5.56 Å². The lowest BCUT2D eigenvalue weighted by Gasteiger charge is -2.01. The molecule has 5 nitrogen and oxygen atoms in total. The number of aromatic nitrogens is 2. The molecule has 1 aromatic heterocycles. The fourth-order valence-corrected chi connectivity index (χ4v) is 1.18. The Hall–Kier alpha value is -0.880. The zero-order valence-electron chi connectivity index (χ0n) is 7.71. The van der Waals surface area contributed by atoms with Gasteiger partial charge in [0.15, 0.2) is 0 Å². The standard InChI is InChI=1S/C8H11BrN2O3/c1-14-4-2-3-5-10-7(12)6(9)8(13)11-5/h2-4H2,1H3,(H2,10,11,12,13). The number of aromatic hydroxyl groups is 1. The third-order valence-corrected chi connectivity index (χ3v) is 2.37. The summed E-state index contributed by atoms with van der Waals surface area (Å²) in [7, 11) is 1.61. The molecule has 6 heteroatoms. The van der Waals surface area contributed by atoms with Gasteiger partial charge in [-0.05, 0) is 22.4 Å². The van der Waals surface area contributed by atoms with Crippen LogP contribution in [0.25, 0.3) is 0 Å². The highest BCUT2D eigenvalue weighted by Crippen LogP contribution is 2.14. The SMILES string of the molecule is COCCCc1nc(O)c(Br)c(=O)[nH]1. The maximum absolute atomic E-state index is 11.2. The second-order valence-corrected chi connectivity index (χ2v) is 3.54. The number of aromatic amines is 1. The molecule has 1 aromatic rings. The van der Waals surface area contributed by atoms with Gasteiger partial charge in [-0.15, -0.1) is 0 Å². The average Bonchev–Trinajstić information content (AvgIpc) is 2.14. The molecular weight excluding hydrogens is 252 g/mol. The van der Waals surface area contributed by atoms with E-state index in [9.17, 15) is 9.90 Å². The average molecular weight is 263 g/mol. The van der Waals surface area contributed by atoms with E-state index in [4.69, 9.17) is 4.74 Å². The second-order valence-electron chi connectivity index (χ2n) is 2.75. The Morgan fingerprint density at radius 1 is 1.64 bits per heavy atom. The lowest BCUT2D eigenvalue weighted by molar-refractivity contribution is 0.194. The van der Waals surface area contributed by atoms with E-state index in [1.165, 1.54) is 0 Å². The van der Waals surface area contributed by atoms with Gasteiger partial charge in [0.05, 0.1) is 0 Å². The van der Waals surface area contributed by atoms with E-state index >= 15 is 0 Å². The molecule has 1 rings (SSSR count). The molecule has 0 aliphatic carbocycles. The van der Waals surface area contributed by atoms with E-state index in [0.29, 0.717) is 18.9 Å². The van der Waals surface area contributed by atoms with Crippen LogP contribution in [0.3, 0.4) is 0 Å². The van der Waals surface area contributed by atoms with Crippen molar-refractivity contribution >= 4 is 15.9 Å². The Bertz CT molecular complexity index is 364. The maximum atomic E-state index is 11.2. The molecule has 0 saturated heterocycles. The summed E-state index contributed by atoms with van der Waals surface area (Å²) in [4.78, 5) is 17.5. The number of halogens is 1. The molecule has 2 N–H and O–H groups in total. The van der Waals surface area contributed by atoms with E-state index in [1.54, 1.807) is 7.11 Å². The van der Waals surface area contributed by atoms with Crippen LogP contribution in [0.15, 0.2) is 9.27 Å². The predicted molar refractivity (Wildman–Crippen MR) is 54.4 cm³/mol. The molecule has 0 radical (unpaired) electrons. The number of aryl methyl sites for hydroxylation is 1. The van der Waals surface area contributed by atoms with Crippen LogP contribution in [-0.4, -0.2) is 28.8 Å². The van der Waals surface area contributed by atoms with Gasteiger partial charge in [0.1, 0.15) is 10.3 Å². The second kappa shape index (κ2) is 5.11. The van der Waals surface area contributed by atoms with E-state index in [0.717, 1.165) is 6.42 Å². The molecule has 0 saturated carbocycles. The highest BCUT2D eigenvalue weighted by molar-refractivity contribution is 9.10. The van der Waals surface area contributed by atoms with Gasteiger partial charge >= 0.3 is 0 Å². The topological polar surface area (TPSA) is 75.2 Å². The molecule has 0 atom stereocenters. The van der Waals surface area contributed by atoms with Crippen LogP contribution in [0.5, 0.6) is 5.88 Å². The number of H-pyrrole nitrogens is 1. The minimum absolute atomic E-state index is 0.0630. The highest BCUT2D eigenvalue weighted by Gasteiger charge is 2.06. The zero-order chi connectivity index (χ0) is 10.6. The van der Waals surface area contributed by atoms with Gasteiger partial charge in [-0.25, -0.2) is 0 Å². The van der Waals surface area contributed by atoms with E-state index in [2.05, 4.69) is 25.9 Å². The number of nitrogens with one attached hydrogen (secondary N) is 1. The van der Waals surface area contributed by atoms with Gasteiger partial charge in [-0.3, -0.25) is 4.79 Å². The number of hydrogen-bond donors (Lipinski definition) is 2. The van der Waals surface area contributed by atoms with Crippen LogP contribution in [-0.2, 0) is 11.2 Å². The van der Waals surface area contributed by atoms with Gasteiger partial charge in [-0.2, -0.15) is 4.98 Å².